The highest BCUT2D eigenvalue weighted by Gasteiger charge is 2.31. The Labute approximate surface area is 170 Å². The van der Waals surface area contributed by atoms with Gasteiger partial charge in [0, 0.05) is 57.1 Å². The SMILES string of the molecule is COc1cccc(N2CCN(C(=O)[C@H]3CCCN(c4cn[nH]c(=O)c4)C3)CC2)c1. The number of amides is 1. The molecule has 0 bridgehead atoms. The maximum atomic E-state index is 13.1. The largest absolute Gasteiger partial charge is 0.497 e. The number of aromatic amines is 1. The number of H-pyrrole nitrogens is 1. The van der Waals surface area contributed by atoms with Gasteiger partial charge in [-0.05, 0) is 25.0 Å². The molecule has 2 fully saturated rings. The molecule has 1 aromatic carbocycles. The van der Waals surface area contributed by atoms with Crippen LogP contribution in [0.3, 0.4) is 0 Å². The van der Waals surface area contributed by atoms with Crippen molar-refractivity contribution in [2.75, 3.05) is 56.2 Å². The van der Waals surface area contributed by atoms with Crippen molar-refractivity contribution in [2.24, 2.45) is 5.92 Å². The normalized spacial score (nSPS) is 19.9. The van der Waals surface area contributed by atoms with Gasteiger partial charge >= 0.3 is 0 Å². The van der Waals surface area contributed by atoms with Gasteiger partial charge in [-0.1, -0.05) is 6.07 Å². The van der Waals surface area contributed by atoms with E-state index in [1.807, 2.05) is 23.1 Å². The molecule has 0 unspecified atom stereocenters. The van der Waals surface area contributed by atoms with Crippen LogP contribution < -0.4 is 20.1 Å². The van der Waals surface area contributed by atoms with Crippen molar-refractivity contribution >= 4 is 17.3 Å². The van der Waals surface area contributed by atoms with Gasteiger partial charge in [0.05, 0.1) is 24.9 Å². The highest BCUT2D eigenvalue weighted by molar-refractivity contribution is 5.80. The lowest BCUT2D eigenvalue weighted by Gasteiger charge is -2.40. The van der Waals surface area contributed by atoms with Gasteiger partial charge in [0.15, 0.2) is 0 Å². The molecule has 1 amide bonds. The fraction of sp³-hybridized carbons (Fsp3) is 0.476. The molecular weight excluding hydrogens is 370 g/mol. The monoisotopic (exact) mass is 397 g/mol. The molecule has 2 saturated heterocycles. The summed E-state index contributed by atoms with van der Waals surface area (Å²) in [6.07, 6.45) is 3.48. The lowest BCUT2D eigenvalue weighted by Crippen LogP contribution is -2.52. The average molecular weight is 397 g/mol. The van der Waals surface area contributed by atoms with Crippen LogP contribution >= 0.6 is 0 Å². The third kappa shape index (κ3) is 4.36. The third-order valence-corrected chi connectivity index (χ3v) is 5.80. The van der Waals surface area contributed by atoms with Gasteiger partial charge in [-0.3, -0.25) is 9.59 Å². The summed E-state index contributed by atoms with van der Waals surface area (Å²) in [6.45, 7) is 4.55. The van der Waals surface area contributed by atoms with Crippen molar-refractivity contribution < 1.29 is 9.53 Å². The zero-order valence-electron chi connectivity index (χ0n) is 16.7. The molecule has 0 aliphatic carbocycles. The van der Waals surface area contributed by atoms with Gasteiger partial charge in [-0.15, -0.1) is 0 Å². The van der Waals surface area contributed by atoms with E-state index in [1.165, 1.54) is 0 Å². The van der Waals surface area contributed by atoms with Crippen LogP contribution in [0.1, 0.15) is 12.8 Å². The second kappa shape index (κ2) is 8.55. The minimum absolute atomic E-state index is 0.0357. The first-order chi connectivity index (χ1) is 14.1. The molecular formula is C21H27N5O3. The van der Waals surface area contributed by atoms with E-state index in [0.717, 1.165) is 62.7 Å². The number of piperidine rings is 1. The van der Waals surface area contributed by atoms with Gasteiger partial charge in [0.2, 0.25) is 5.91 Å². The van der Waals surface area contributed by atoms with E-state index < -0.39 is 0 Å². The van der Waals surface area contributed by atoms with Crippen LogP contribution in [0.2, 0.25) is 0 Å². The average Bonchev–Trinajstić information content (AvgIpc) is 2.79. The Bertz CT molecular complexity index is 907. The van der Waals surface area contributed by atoms with Crippen molar-refractivity contribution in [1.29, 1.82) is 0 Å². The van der Waals surface area contributed by atoms with E-state index in [1.54, 1.807) is 19.4 Å². The molecule has 0 spiro atoms. The first-order valence-electron chi connectivity index (χ1n) is 10.1. The highest BCUT2D eigenvalue weighted by atomic mass is 16.5. The summed E-state index contributed by atoms with van der Waals surface area (Å²) < 4.78 is 5.32. The first-order valence-corrected chi connectivity index (χ1v) is 10.1. The van der Waals surface area contributed by atoms with E-state index in [9.17, 15) is 9.59 Å². The van der Waals surface area contributed by atoms with E-state index in [0.29, 0.717) is 6.54 Å². The molecule has 1 aromatic heterocycles. The number of hydrogen-bond donors (Lipinski definition) is 1. The number of methoxy groups -OCH3 is 1. The Morgan fingerprint density at radius 3 is 2.69 bits per heavy atom. The number of piperazine rings is 1. The molecule has 1 N–H and O–H groups in total. The fourth-order valence-electron chi connectivity index (χ4n) is 4.20. The number of ether oxygens (including phenoxy) is 1. The third-order valence-electron chi connectivity index (χ3n) is 5.80. The predicted molar refractivity (Wildman–Crippen MR) is 112 cm³/mol. The topological polar surface area (TPSA) is 81.8 Å². The zero-order chi connectivity index (χ0) is 20.2. The number of anilines is 2. The van der Waals surface area contributed by atoms with Gasteiger partial charge in [0.25, 0.3) is 5.56 Å². The van der Waals surface area contributed by atoms with Gasteiger partial charge in [0.1, 0.15) is 5.75 Å². The molecule has 0 radical (unpaired) electrons. The molecule has 4 rings (SSSR count). The summed E-state index contributed by atoms with van der Waals surface area (Å²) in [5, 5.41) is 6.28. The quantitative estimate of drug-likeness (QED) is 0.839. The van der Waals surface area contributed by atoms with Crippen LogP contribution in [-0.2, 0) is 4.79 Å². The summed E-state index contributed by atoms with van der Waals surface area (Å²) in [7, 11) is 1.67. The van der Waals surface area contributed by atoms with E-state index >= 15 is 0 Å². The lowest BCUT2D eigenvalue weighted by atomic mass is 9.96. The Kier molecular flexibility index (Phi) is 5.69. The Morgan fingerprint density at radius 2 is 1.93 bits per heavy atom. The highest BCUT2D eigenvalue weighted by Crippen LogP contribution is 2.25. The Morgan fingerprint density at radius 1 is 1.10 bits per heavy atom. The summed E-state index contributed by atoms with van der Waals surface area (Å²) in [4.78, 5) is 31.0. The minimum Gasteiger partial charge on any atom is -0.497 e. The lowest BCUT2D eigenvalue weighted by molar-refractivity contribution is -0.136. The van der Waals surface area contributed by atoms with E-state index in [-0.39, 0.29) is 17.4 Å². The summed E-state index contributed by atoms with van der Waals surface area (Å²) >= 11 is 0. The molecule has 2 aliphatic heterocycles. The predicted octanol–water partition coefficient (Wildman–Crippen LogP) is 1.34. The fourth-order valence-corrected chi connectivity index (χ4v) is 4.20. The number of benzene rings is 1. The number of carbonyl (C=O) groups is 1. The molecule has 8 heteroatoms. The number of carbonyl (C=O) groups excluding carboxylic acids is 1. The van der Waals surface area contributed by atoms with Crippen molar-refractivity contribution in [3.8, 4) is 5.75 Å². The number of aromatic nitrogens is 2. The zero-order valence-corrected chi connectivity index (χ0v) is 16.7. The van der Waals surface area contributed by atoms with Gasteiger partial charge in [-0.2, -0.15) is 5.10 Å². The molecule has 154 valence electrons. The van der Waals surface area contributed by atoms with Gasteiger partial charge in [-0.25, -0.2) is 5.10 Å². The maximum Gasteiger partial charge on any atom is 0.266 e. The summed E-state index contributed by atoms with van der Waals surface area (Å²) in [5.41, 5.74) is 1.70. The molecule has 3 heterocycles. The molecule has 2 aromatic rings. The van der Waals surface area contributed by atoms with Crippen LogP contribution in [0.15, 0.2) is 41.3 Å². The van der Waals surface area contributed by atoms with Crippen molar-refractivity contribution in [1.82, 2.24) is 15.1 Å². The van der Waals surface area contributed by atoms with Crippen LogP contribution in [-0.4, -0.2) is 67.4 Å². The van der Waals surface area contributed by atoms with Crippen LogP contribution in [0.5, 0.6) is 5.75 Å². The number of nitrogens with one attached hydrogen (secondary N) is 1. The summed E-state index contributed by atoms with van der Waals surface area (Å²) in [5.74, 6) is 1.03. The number of nitrogens with zero attached hydrogens (tertiary/aromatic N) is 4. The standard InChI is InChI=1S/C21H27N5O3/c1-29-19-6-2-5-17(12-19)24-8-10-25(11-9-24)21(28)16-4-3-7-26(15-16)18-13-20(27)23-22-14-18/h2,5-6,12-14,16H,3-4,7-11,15H2,1H3,(H,23,27)/t16-/m0/s1. The van der Waals surface area contributed by atoms with Crippen LogP contribution in [0.4, 0.5) is 11.4 Å². The molecule has 29 heavy (non-hydrogen) atoms. The summed E-state index contributed by atoms with van der Waals surface area (Å²) in [6, 6.07) is 9.59. The second-order valence-electron chi connectivity index (χ2n) is 7.60. The number of hydrogen-bond acceptors (Lipinski definition) is 6. The van der Waals surface area contributed by atoms with E-state index in [2.05, 4.69) is 26.1 Å². The van der Waals surface area contributed by atoms with Crippen molar-refractivity contribution in [3.05, 3.63) is 46.9 Å². The van der Waals surface area contributed by atoms with Crippen LogP contribution in [0.25, 0.3) is 0 Å². The second-order valence-corrected chi connectivity index (χ2v) is 7.60. The number of rotatable bonds is 4. The van der Waals surface area contributed by atoms with E-state index in [4.69, 9.17) is 4.74 Å². The van der Waals surface area contributed by atoms with Crippen molar-refractivity contribution in [2.45, 2.75) is 12.8 Å². The van der Waals surface area contributed by atoms with Crippen LogP contribution in [0, 0.1) is 5.92 Å². The van der Waals surface area contributed by atoms with Gasteiger partial charge < -0.3 is 19.4 Å². The molecule has 0 saturated carbocycles. The Balaban J connectivity index is 1.36. The molecule has 2 aliphatic rings. The molecule has 1 atom stereocenters. The van der Waals surface area contributed by atoms with Crippen molar-refractivity contribution in [3.63, 3.8) is 0 Å². The smallest absolute Gasteiger partial charge is 0.266 e. The Hall–Kier alpha value is -3.03. The first kappa shape index (κ1) is 19.3. The molecule has 8 nitrogen and oxygen atoms in total. The minimum atomic E-state index is -0.218. The maximum absolute atomic E-state index is 13.1.